The van der Waals surface area contributed by atoms with Gasteiger partial charge in [0.2, 0.25) is 0 Å². The molecule has 4 heteroatoms. The number of hydrogen-bond acceptors (Lipinski definition) is 3. The van der Waals surface area contributed by atoms with Crippen molar-refractivity contribution in [2.24, 2.45) is 0 Å². The third-order valence-corrected chi connectivity index (χ3v) is 1.93. The van der Waals surface area contributed by atoms with Crippen LogP contribution in [0.15, 0.2) is 36.8 Å². The predicted molar refractivity (Wildman–Crippen MR) is 54.1 cm³/mol. The molecule has 0 aliphatic heterocycles. The highest BCUT2D eigenvalue weighted by Crippen LogP contribution is 2.05. The van der Waals surface area contributed by atoms with Crippen LogP contribution in [-0.2, 0) is 6.54 Å². The monoisotopic (exact) mass is 188 g/mol. The molecule has 0 aliphatic carbocycles. The van der Waals surface area contributed by atoms with E-state index in [1.165, 1.54) is 5.56 Å². The fourth-order valence-corrected chi connectivity index (χ4v) is 1.30. The van der Waals surface area contributed by atoms with E-state index in [9.17, 15) is 0 Å². The Morgan fingerprint density at radius 3 is 3.07 bits per heavy atom. The van der Waals surface area contributed by atoms with E-state index in [0.717, 1.165) is 12.4 Å². The first-order valence-electron chi connectivity index (χ1n) is 4.49. The lowest BCUT2D eigenvalue weighted by Gasteiger charge is -2.03. The molecule has 4 nitrogen and oxygen atoms in total. The summed E-state index contributed by atoms with van der Waals surface area (Å²) in [6.07, 6.45) is 5.42. The van der Waals surface area contributed by atoms with E-state index in [1.54, 1.807) is 17.1 Å². The van der Waals surface area contributed by atoms with Crippen LogP contribution in [0.5, 0.6) is 0 Å². The van der Waals surface area contributed by atoms with Crippen molar-refractivity contribution in [2.75, 3.05) is 7.05 Å². The summed E-state index contributed by atoms with van der Waals surface area (Å²) in [6.45, 7) is 0.844. The minimum atomic E-state index is 0.844. The standard InChI is InChI=1S/C10H12N4/c1-11-8-9-3-5-12-10(7-9)14-6-2-4-13-14/h2-7,11H,8H2,1H3. The molecule has 2 aromatic rings. The smallest absolute Gasteiger partial charge is 0.153 e. The van der Waals surface area contributed by atoms with Crippen LogP contribution in [0.25, 0.3) is 5.82 Å². The lowest BCUT2D eigenvalue weighted by molar-refractivity contribution is 0.801. The van der Waals surface area contributed by atoms with Crippen LogP contribution in [0.2, 0.25) is 0 Å². The van der Waals surface area contributed by atoms with Gasteiger partial charge in [-0.3, -0.25) is 0 Å². The molecule has 0 unspecified atom stereocenters. The minimum absolute atomic E-state index is 0.844. The first-order valence-corrected chi connectivity index (χ1v) is 4.49. The lowest BCUT2D eigenvalue weighted by Crippen LogP contribution is -2.06. The summed E-state index contributed by atoms with van der Waals surface area (Å²) in [6, 6.07) is 5.89. The Bertz CT molecular complexity index is 394. The van der Waals surface area contributed by atoms with Gasteiger partial charge in [0.05, 0.1) is 0 Å². The van der Waals surface area contributed by atoms with Crippen LogP contribution >= 0.6 is 0 Å². The van der Waals surface area contributed by atoms with Crippen molar-refractivity contribution < 1.29 is 0 Å². The van der Waals surface area contributed by atoms with E-state index < -0.39 is 0 Å². The molecule has 2 rings (SSSR count). The minimum Gasteiger partial charge on any atom is -0.316 e. The zero-order valence-electron chi connectivity index (χ0n) is 8.01. The second kappa shape index (κ2) is 4.02. The van der Waals surface area contributed by atoms with Gasteiger partial charge in [0.1, 0.15) is 0 Å². The van der Waals surface area contributed by atoms with Crippen LogP contribution in [0.3, 0.4) is 0 Å². The number of rotatable bonds is 3. The second-order valence-electron chi connectivity index (χ2n) is 3.00. The number of aromatic nitrogens is 3. The summed E-state index contributed by atoms with van der Waals surface area (Å²) in [5, 5.41) is 7.22. The Hall–Kier alpha value is -1.68. The SMILES string of the molecule is CNCc1ccnc(-n2cccn2)c1. The van der Waals surface area contributed by atoms with Crippen LogP contribution in [0.1, 0.15) is 5.56 Å². The maximum absolute atomic E-state index is 4.24. The molecule has 0 aromatic carbocycles. The number of nitrogens with one attached hydrogen (secondary N) is 1. The van der Waals surface area contributed by atoms with Gasteiger partial charge >= 0.3 is 0 Å². The van der Waals surface area contributed by atoms with E-state index >= 15 is 0 Å². The molecular formula is C10H12N4. The van der Waals surface area contributed by atoms with Crippen molar-refractivity contribution in [3.8, 4) is 5.82 Å². The van der Waals surface area contributed by atoms with Crippen LogP contribution < -0.4 is 5.32 Å². The first kappa shape index (κ1) is 8.90. The van der Waals surface area contributed by atoms with Gasteiger partial charge in [-0.05, 0) is 30.8 Å². The van der Waals surface area contributed by atoms with Crippen LogP contribution in [0.4, 0.5) is 0 Å². The molecule has 0 saturated carbocycles. The predicted octanol–water partition coefficient (Wildman–Crippen LogP) is 0.987. The normalized spacial score (nSPS) is 10.4. The van der Waals surface area contributed by atoms with Crippen molar-refractivity contribution in [3.05, 3.63) is 42.4 Å². The highest BCUT2D eigenvalue weighted by molar-refractivity contribution is 5.26. The van der Waals surface area contributed by atoms with E-state index in [4.69, 9.17) is 0 Å². The van der Waals surface area contributed by atoms with Gasteiger partial charge in [0, 0.05) is 25.1 Å². The maximum Gasteiger partial charge on any atom is 0.153 e. The van der Waals surface area contributed by atoms with Gasteiger partial charge in [-0.25, -0.2) is 9.67 Å². The third-order valence-electron chi connectivity index (χ3n) is 1.93. The van der Waals surface area contributed by atoms with Gasteiger partial charge < -0.3 is 5.32 Å². The van der Waals surface area contributed by atoms with Crippen molar-refractivity contribution in [1.29, 1.82) is 0 Å². The van der Waals surface area contributed by atoms with Gasteiger partial charge in [-0.1, -0.05) is 0 Å². The fraction of sp³-hybridized carbons (Fsp3) is 0.200. The zero-order valence-corrected chi connectivity index (χ0v) is 8.01. The van der Waals surface area contributed by atoms with Crippen LogP contribution in [-0.4, -0.2) is 21.8 Å². The number of nitrogens with zero attached hydrogens (tertiary/aromatic N) is 3. The zero-order chi connectivity index (χ0) is 9.80. The maximum atomic E-state index is 4.24. The topological polar surface area (TPSA) is 42.7 Å². The summed E-state index contributed by atoms with van der Waals surface area (Å²) < 4.78 is 1.75. The highest BCUT2D eigenvalue weighted by atomic mass is 15.3. The molecule has 0 atom stereocenters. The molecule has 1 N–H and O–H groups in total. The molecule has 72 valence electrons. The van der Waals surface area contributed by atoms with E-state index in [-0.39, 0.29) is 0 Å². The average Bonchev–Trinajstić information content (AvgIpc) is 2.71. The second-order valence-corrected chi connectivity index (χ2v) is 3.00. The van der Waals surface area contributed by atoms with E-state index in [1.807, 2.05) is 31.4 Å². The highest BCUT2D eigenvalue weighted by Gasteiger charge is 1.98. The van der Waals surface area contributed by atoms with Crippen LogP contribution in [0, 0.1) is 0 Å². The Kier molecular flexibility index (Phi) is 2.55. The van der Waals surface area contributed by atoms with E-state index in [0.29, 0.717) is 0 Å². The van der Waals surface area contributed by atoms with Gasteiger partial charge in [-0.2, -0.15) is 5.10 Å². The van der Waals surface area contributed by atoms with Gasteiger partial charge in [0.15, 0.2) is 5.82 Å². The molecule has 0 amide bonds. The summed E-state index contributed by atoms with van der Waals surface area (Å²) in [5.74, 6) is 0.850. The molecule has 0 saturated heterocycles. The lowest BCUT2D eigenvalue weighted by atomic mass is 10.2. The molecule has 2 aromatic heterocycles. The summed E-state index contributed by atoms with van der Waals surface area (Å²) in [7, 11) is 1.92. The van der Waals surface area contributed by atoms with Crippen molar-refractivity contribution in [2.45, 2.75) is 6.54 Å². The molecule has 0 aliphatic rings. The van der Waals surface area contributed by atoms with E-state index in [2.05, 4.69) is 15.4 Å². The number of pyridine rings is 1. The fourth-order valence-electron chi connectivity index (χ4n) is 1.30. The molecule has 2 heterocycles. The quantitative estimate of drug-likeness (QED) is 0.781. The Labute approximate surface area is 82.6 Å². The first-order chi connectivity index (χ1) is 6.90. The largest absolute Gasteiger partial charge is 0.316 e. The Balaban J connectivity index is 2.31. The Morgan fingerprint density at radius 1 is 1.43 bits per heavy atom. The molecular weight excluding hydrogens is 176 g/mol. The van der Waals surface area contributed by atoms with Gasteiger partial charge in [-0.15, -0.1) is 0 Å². The average molecular weight is 188 g/mol. The number of hydrogen-bond donors (Lipinski definition) is 1. The van der Waals surface area contributed by atoms with Crippen molar-refractivity contribution in [3.63, 3.8) is 0 Å². The molecule has 14 heavy (non-hydrogen) atoms. The van der Waals surface area contributed by atoms with Gasteiger partial charge in [0.25, 0.3) is 0 Å². The van der Waals surface area contributed by atoms with Crippen molar-refractivity contribution >= 4 is 0 Å². The summed E-state index contributed by atoms with van der Waals surface area (Å²) >= 11 is 0. The third kappa shape index (κ3) is 1.80. The summed E-state index contributed by atoms with van der Waals surface area (Å²) in [5.41, 5.74) is 1.20. The Morgan fingerprint density at radius 2 is 2.36 bits per heavy atom. The molecule has 0 radical (unpaired) electrons. The molecule has 0 bridgehead atoms. The molecule has 0 fully saturated rings. The van der Waals surface area contributed by atoms with Crippen molar-refractivity contribution in [1.82, 2.24) is 20.1 Å². The summed E-state index contributed by atoms with van der Waals surface area (Å²) in [4.78, 5) is 4.24. The molecule has 0 spiro atoms.